The zero-order valence-corrected chi connectivity index (χ0v) is 15.1. The van der Waals surface area contributed by atoms with Crippen molar-refractivity contribution in [2.24, 2.45) is 0 Å². The third-order valence-corrected chi connectivity index (χ3v) is 4.30. The average Bonchev–Trinajstić information content (AvgIpc) is 3.37. The van der Waals surface area contributed by atoms with Crippen LogP contribution in [0.3, 0.4) is 0 Å². The molecule has 1 aliphatic heterocycles. The van der Waals surface area contributed by atoms with E-state index >= 15 is 0 Å². The van der Waals surface area contributed by atoms with Crippen molar-refractivity contribution in [2.75, 3.05) is 12.3 Å². The fourth-order valence-corrected chi connectivity index (χ4v) is 2.88. The van der Waals surface area contributed by atoms with Crippen LogP contribution in [0.2, 0.25) is 0 Å². The number of H-pyrrole nitrogens is 1. The van der Waals surface area contributed by atoms with Crippen molar-refractivity contribution in [1.29, 1.82) is 0 Å². The summed E-state index contributed by atoms with van der Waals surface area (Å²) in [6, 6.07) is 0. The summed E-state index contributed by atoms with van der Waals surface area (Å²) in [6.45, 7) is -0.594. The number of nitrogen functional groups attached to an aromatic ring is 1. The number of nitrogens with one attached hydrogen (secondary N) is 1. The number of aromatic amines is 1. The van der Waals surface area contributed by atoms with Gasteiger partial charge in [-0.1, -0.05) is 0 Å². The second-order valence-corrected chi connectivity index (χ2v) is 6.92. The average molecular weight is 415 g/mol. The molecule has 0 aromatic carbocycles. The van der Waals surface area contributed by atoms with Crippen LogP contribution in [0.1, 0.15) is 6.23 Å². The monoisotopic (exact) mass is 415 g/mol. The third kappa shape index (κ3) is 4.51. The highest BCUT2D eigenvalue weighted by Gasteiger charge is 2.45. The van der Waals surface area contributed by atoms with Gasteiger partial charge in [0.1, 0.15) is 30.2 Å². The van der Waals surface area contributed by atoms with Gasteiger partial charge in [-0.2, -0.15) is 0 Å². The van der Waals surface area contributed by atoms with E-state index in [1.807, 2.05) is 0 Å². The molecule has 4 rings (SSSR count). The van der Waals surface area contributed by atoms with Crippen molar-refractivity contribution in [2.45, 2.75) is 24.5 Å². The van der Waals surface area contributed by atoms with Crippen LogP contribution in [-0.4, -0.2) is 74.4 Å². The number of fused-ring (bicyclic) bond motifs is 1. The van der Waals surface area contributed by atoms with Gasteiger partial charge in [-0.3, -0.25) is 9.09 Å². The number of rotatable bonds is 4. The Hall–Kier alpha value is -2.45. The zero-order valence-electron chi connectivity index (χ0n) is 14.2. The van der Waals surface area contributed by atoms with E-state index in [9.17, 15) is 14.8 Å². The number of phosphoric acid groups is 1. The topological polar surface area (TPSA) is 215 Å². The molecule has 3 aromatic heterocycles. The third-order valence-electron chi connectivity index (χ3n) is 3.81. The lowest BCUT2D eigenvalue weighted by molar-refractivity contribution is -0.0504. The van der Waals surface area contributed by atoms with E-state index < -0.39 is 39.0 Å². The van der Waals surface area contributed by atoms with Gasteiger partial charge in [0.2, 0.25) is 0 Å². The number of hydrogen-bond acceptors (Lipinski definition) is 10. The molecular weight excluding hydrogens is 397 g/mol. The molecule has 3 aromatic rings. The normalized spacial score (nSPS) is 24.9. The van der Waals surface area contributed by atoms with Crippen molar-refractivity contribution < 1.29 is 33.8 Å². The van der Waals surface area contributed by atoms with Crippen LogP contribution >= 0.6 is 7.82 Å². The first-order valence-electron chi connectivity index (χ1n) is 7.85. The van der Waals surface area contributed by atoms with Gasteiger partial charge < -0.3 is 35.5 Å². The molecule has 15 heteroatoms. The van der Waals surface area contributed by atoms with E-state index in [0.717, 1.165) is 0 Å². The fraction of sp³-hybridized carbons (Fsp3) is 0.385. The molecule has 0 saturated carbocycles. The summed E-state index contributed by atoms with van der Waals surface area (Å²) in [5.41, 5.74) is 6.25. The molecule has 28 heavy (non-hydrogen) atoms. The number of nitrogens with two attached hydrogens (primary N) is 1. The van der Waals surface area contributed by atoms with E-state index in [4.69, 9.17) is 20.3 Å². The summed E-state index contributed by atoms with van der Waals surface area (Å²) >= 11 is 0. The number of aliphatic hydroxyl groups is 2. The first-order chi connectivity index (χ1) is 13.3. The molecule has 0 unspecified atom stereocenters. The van der Waals surface area contributed by atoms with Crippen LogP contribution in [-0.2, 0) is 13.8 Å². The SMILES string of the molecule is Nc1ncnc2c1ncn2[C@@H]1O[C@H](COP(=O)(O)O)[C@@H](O)[C@H]1O.c1c[nH]cn1. The number of nitrogens with zero attached hydrogens (tertiary/aromatic N) is 5. The predicted molar refractivity (Wildman–Crippen MR) is 92.2 cm³/mol. The lowest BCUT2D eigenvalue weighted by atomic mass is 10.1. The van der Waals surface area contributed by atoms with Crippen LogP contribution in [0.5, 0.6) is 0 Å². The van der Waals surface area contributed by atoms with Gasteiger partial charge in [0.05, 0.1) is 19.3 Å². The van der Waals surface area contributed by atoms with Gasteiger partial charge in [-0.25, -0.2) is 24.5 Å². The van der Waals surface area contributed by atoms with Crippen molar-refractivity contribution in [3.8, 4) is 0 Å². The lowest BCUT2D eigenvalue weighted by Crippen LogP contribution is -2.33. The maximum atomic E-state index is 10.7. The molecule has 1 saturated heterocycles. The Morgan fingerprint density at radius 1 is 1.29 bits per heavy atom. The number of phosphoric ester groups is 1. The summed E-state index contributed by atoms with van der Waals surface area (Å²) in [5.74, 6) is 0.142. The summed E-state index contributed by atoms with van der Waals surface area (Å²) < 4.78 is 21.8. The van der Waals surface area contributed by atoms with Crippen molar-refractivity contribution in [3.63, 3.8) is 0 Å². The van der Waals surface area contributed by atoms with Crippen LogP contribution in [0.4, 0.5) is 5.82 Å². The lowest BCUT2D eigenvalue weighted by Gasteiger charge is -2.16. The molecule has 0 radical (unpaired) electrons. The Bertz CT molecular complexity index is 929. The first kappa shape index (κ1) is 20.3. The first-order valence-corrected chi connectivity index (χ1v) is 9.38. The van der Waals surface area contributed by atoms with E-state index in [1.165, 1.54) is 17.2 Å². The Labute approximate surface area is 157 Å². The number of imidazole rings is 2. The maximum absolute atomic E-state index is 10.7. The molecule has 4 atom stereocenters. The minimum Gasteiger partial charge on any atom is -0.387 e. The van der Waals surface area contributed by atoms with Gasteiger partial charge in [-0.05, 0) is 0 Å². The molecule has 0 amide bonds. The molecule has 1 fully saturated rings. The summed E-state index contributed by atoms with van der Waals surface area (Å²) in [4.78, 5) is 35.6. The van der Waals surface area contributed by atoms with E-state index in [-0.39, 0.29) is 11.5 Å². The fourth-order valence-electron chi connectivity index (χ4n) is 2.54. The Kier molecular flexibility index (Phi) is 6.00. The quantitative estimate of drug-likeness (QED) is 0.270. The molecule has 0 bridgehead atoms. The van der Waals surface area contributed by atoms with Crippen molar-refractivity contribution in [1.82, 2.24) is 29.5 Å². The molecule has 0 aliphatic carbocycles. The molecule has 7 N–H and O–H groups in total. The van der Waals surface area contributed by atoms with E-state index in [0.29, 0.717) is 5.52 Å². The van der Waals surface area contributed by atoms with Crippen LogP contribution in [0.25, 0.3) is 11.2 Å². The van der Waals surface area contributed by atoms with Crippen LogP contribution in [0, 0.1) is 0 Å². The molecule has 4 heterocycles. The number of anilines is 1. The standard InChI is InChI=1S/C10H14N5O7P.C3H4N2/c11-8-5-9(13-2-12-8)15(3-14-5)10-7(17)6(16)4(22-10)1-21-23(18,19)20;1-2-5-3-4-1/h2-4,6-7,10,16-17H,1H2,(H2,11,12,13)(H2,18,19,20);1-3H,(H,4,5)/t4-,6-,7-,10-;/m1./s1. The molecule has 1 aliphatic rings. The molecule has 152 valence electrons. The summed E-state index contributed by atoms with van der Waals surface area (Å²) in [5, 5.41) is 20.1. The molecule has 14 nitrogen and oxygen atoms in total. The second-order valence-electron chi connectivity index (χ2n) is 5.68. The van der Waals surface area contributed by atoms with Gasteiger partial charge in [0.15, 0.2) is 17.7 Å². The smallest absolute Gasteiger partial charge is 0.387 e. The molecule has 0 spiro atoms. The summed E-state index contributed by atoms with van der Waals surface area (Å²) in [6.07, 6.45) is 2.59. The zero-order chi connectivity index (χ0) is 20.3. The summed E-state index contributed by atoms with van der Waals surface area (Å²) in [7, 11) is -4.72. The minimum atomic E-state index is -4.72. The number of ether oxygens (including phenoxy) is 1. The minimum absolute atomic E-state index is 0.142. The van der Waals surface area contributed by atoms with Gasteiger partial charge in [0.25, 0.3) is 0 Å². The number of aliphatic hydroxyl groups excluding tert-OH is 2. The van der Waals surface area contributed by atoms with E-state index in [2.05, 4.69) is 29.4 Å². The number of hydrogen-bond donors (Lipinski definition) is 6. The van der Waals surface area contributed by atoms with Gasteiger partial charge in [-0.15, -0.1) is 0 Å². The Balaban J connectivity index is 0.000000391. The van der Waals surface area contributed by atoms with Crippen molar-refractivity contribution >= 4 is 24.8 Å². The Morgan fingerprint density at radius 2 is 2.07 bits per heavy atom. The highest BCUT2D eigenvalue weighted by Crippen LogP contribution is 2.38. The predicted octanol–water partition coefficient (Wildman–Crippen LogP) is -1.45. The largest absolute Gasteiger partial charge is 0.469 e. The second kappa shape index (κ2) is 8.28. The van der Waals surface area contributed by atoms with E-state index in [1.54, 1.807) is 18.7 Å². The van der Waals surface area contributed by atoms with Crippen molar-refractivity contribution in [3.05, 3.63) is 31.4 Å². The Morgan fingerprint density at radius 3 is 2.68 bits per heavy atom. The molecular formula is C13H18N7O7P. The highest BCUT2D eigenvalue weighted by atomic mass is 31.2. The van der Waals surface area contributed by atoms with Crippen LogP contribution in [0.15, 0.2) is 31.4 Å². The van der Waals surface area contributed by atoms with Gasteiger partial charge in [0, 0.05) is 12.4 Å². The number of aromatic nitrogens is 6. The van der Waals surface area contributed by atoms with Gasteiger partial charge >= 0.3 is 7.82 Å². The highest BCUT2D eigenvalue weighted by molar-refractivity contribution is 7.46. The maximum Gasteiger partial charge on any atom is 0.469 e. The van der Waals surface area contributed by atoms with Crippen LogP contribution < -0.4 is 5.73 Å².